The summed E-state index contributed by atoms with van der Waals surface area (Å²) in [4.78, 5) is 21.5. The molecule has 6 heteroatoms. The molecule has 1 aliphatic carbocycles. The van der Waals surface area contributed by atoms with E-state index in [4.69, 9.17) is 4.99 Å². The molecular formula is C23H35IN4O. The molecule has 1 aromatic carbocycles. The van der Waals surface area contributed by atoms with E-state index in [9.17, 15) is 4.79 Å². The van der Waals surface area contributed by atoms with Crippen LogP contribution in [0.4, 0.5) is 0 Å². The minimum absolute atomic E-state index is 0. The summed E-state index contributed by atoms with van der Waals surface area (Å²) in [6.45, 7) is 7.58. The lowest BCUT2D eigenvalue weighted by Crippen LogP contribution is -2.41. The zero-order valence-electron chi connectivity index (χ0n) is 17.7. The Balaban J connectivity index is 0.00000240. The fourth-order valence-corrected chi connectivity index (χ4v) is 5.18. The number of hydrogen-bond acceptors (Lipinski definition) is 2. The van der Waals surface area contributed by atoms with Gasteiger partial charge in [0.1, 0.15) is 0 Å². The van der Waals surface area contributed by atoms with E-state index in [0.29, 0.717) is 24.9 Å². The first-order valence-corrected chi connectivity index (χ1v) is 11.1. The van der Waals surface area contributed by atoms with Crippen molar-refractivity contribution in [2.75, 3.05) is 26.2 Å². The van der Waals surface area contributed by atoms with Crippen molar-refractivity contribution in [2.45, 2.75) is 65.0 Å². The highest BCUT2D eigenvalue weighted by atomic mass is 127. The normalized spacial score (nSPS) is 21.1. The highest BCUT2D eigenvalue weighted by Crippen LogP contribution is 2.45. The summed E-state index contributed by atoms with van der Waals surface area (Å²) >= 11 is 0. The fourth-order valence-electron chi connectivity index (χ4n) is 5.18. The van der Waals surface area contributed by atoms with E-state index in [1.54, 1.807) is 0 Å². The van der Waals surface area contributed by atoms with Gasteiger partial charge < -0.3 is 15.1 Å². The fraction of sp³-hybridized carbons (Fsp3) is 0.652. The van der Waals surface area contributed by atoms with Gasteiger partial charge in [0.05, 0.1) is 6.54 Å². The van der Waals surface area contributed by atoms with Crippen molar-refractivity contribution >= 4 is 35.8 Å². The predicted octanol–water partition coefficient (Wildman–Crippen LogP) is 4.16. The van der Waals surface area contributed by atoms with E-state index in [1.807, 2.05) is 4.90 Å². The van der Waals surface area contributed by atoms with Gasteiger partial charge >= 0.3 is 0 Å². The molecule has 4 rings (SSSR count). The zero-order chi connectivity index (χ0) is 19.4. The van der Waals surface area contributed by atoms with Crippen LogP contribution in [0.2, 0.25) is 0 Å². The van der Waals surface area contributed by atoms with Crippen LogP contribution < -0.4 is 5.32 Å². The first-order chi connectivity index (χ1) is 13.7. The van der Waals surface area contributed by atoms with Gasteiger partial charge in [-0.1, -0.05) is 37.1 Å². The van der Waals surface area contributed by atoms with E-state index in [-0.39, 0.29) is 29.9 Å². The highest BCUT2D eigenvalue weighted by Gasteiger charge is 2.41. The highest BCUT2D eigenvalue weighted by molar-refractivity contribution is 14.0. The van der Waals surface area contributed by atoms with Crippen molar-refractivity contribution in [3.05, 3.63) is 35.4 Å². The average Bonchev–Trinajstić information content (AvgIpc) is 3.44. The van der Waals surface area contributed by atoms with Gasteiger partial charge in [-0.15, -0.1) is 24.0 Å². The monoisotopic (exact) mass is 510 g/mol. The number of guanidine groups is 1. The van der Waals surface area contributed by atoms with E-state index in [0.717, 1.165) is 38.6 Å². The van der Waals surface area contributed by atoms with Crippen LogP contribution in [0.5, 0.6) is 0 Å². The molecule has 0 aromatic heterocycles. The van der Waals surface area contributed by atoms with Crippen molar-refractivity contribution in [1.29, 1.82) is 0 Å². The summed E-state index contributed by atoms with van der Waals surface area (Å²) in [5, 5.41) is 3.51. The van der Waals surface area contributed by atoms with Crippen molar-refractivity contribution in [3.63, 3.8) is 0 Å². The van der Waals surface area contributed by atoms with Gasteiger partial charge in [0.2, 0.25) is 5.91 Å². The van der Waals surface area contributed by atoms with Crippen molar-refractivity contribution < 1.29 is 4.79 Å². The van der Waals surface area contributed by atoms with E-state index in [1.165, 1.54) is 43.2 Å². The SMILES string of the molecule is CCNC(=NCc1ccccc1CN1CCCC1=O)N1CCC2(CCCC2)C1.I. The number of nitrogens with zero attached hydrogens (tertiary/aromatic N) is 3. The van der Waals surface area contributed by atoms with Gasteiger partial charge in [-0.25, -0.2) is 4.99 Å². The van der Waals surface area contributed by atoms with Crippen LogP contribution in [0.1, 0.15) is 63.0 Å². The number of amides is 1. The average molecular weight is 510 g/mol. The van der Waals surface area contributed by atoms with Gasteiger partial charge in [0, 0.05) is 39.1 Å². The quantitative estimate of drug-likeness (QED) is 0.368. The van der Waals surface area contributed by atoms with Crippen molar-refractivity contribution in [2.24, 2.45) is 10.4 Å². The van der Waals surface area contributed by atoms with Crippen LogP contribution in [0.3, 0.4) is 0 Å². The Labute approximate surface area is 192 Å². The van der Waals surface area contributed by atoms with E-state index < -0.39 is 0 Å². The standard InChI is InChI=1S/C23H34N4O.HI/c1-2-24-22(27-15-13-23(18-27)11-5-6-12-23)25-16-19-8-3-4-9-20(19)17-26-14-7-10-21(26)28;/h3-4,8-9H,2,5-7,10-18H2,1H3,(H,24,25);1H. The first kappa shape index (κ1) is 22.4. The molecule has 29 heavy (non-hydrogen) atoms. The third-order valence-electron chi connectivity index (χ3n) is 6.79. The van der Waals surface area contributed by atoms with Crippen LogP contribution in [-0.4, -0.2) is 47.8 Å². The smallest absolute Gasteiger partial charge is 0.222 e. The number of carbonyl (C=O) groups excluding carboxylic acids is 1. The molecule has 2 aliphatic heterocycles. The number of hydrogen-bond donors (Lipinski definition) is 1. The third-order valence-corrected chi connectivity index (χ3v) is 6.79. The summed E-state index contributed by atoms with van der Waals surface area (Å²) in [7, 11) is 0. The van der Waals surface area contributed by atoms with E-state index >= 15 is 0 Å². The lowest BCUT2D eigenvalue weighted by Gasteiger charge is -2.26. The number of rotatable bonds is 5. The number of benzene rings is 1. The third kappa shape index (κ3) is 5.25. The van der Waals surface area contributed by atoms with E-state index in [2.05, 4.69) is 41.4 Å². The maximum atomic E-state index is 12.0. The van der Waals surface area contributed by atoms with Crippen LogP contribution in [0.25, 0.3) is 0 Å². The summed E-state index contributed by atoms with van der Waals surface area (Å²) in [5.74, 6) is 1.34. The number of carbonyl (C=O) groups is 1. The molecule has 1 spiro atoms. The van der Waals surface area contributed by atoms with Gasteiger partial charge in [0.15, 0.2) is 5.96 Å². The molecule has 1 aromatic rings. The number of halogens is 1. The largest absolute Gasteiger partial charge is 0.357 e. The maximum absolute atomic E-state index is 12.0. The van der Waals surface area contributed by atoms with Crippen molar-refractivity contribution in [3.8, 4) is 0 Å². The molecule has 1 N–H and O–H groups in total. The molecule has 2 heterocycles. The Morgan fingerprint density at radius 1 is 1.10 bits per heavy atom. The number of likely N-dealkylation sites (tertiary alicyclic amines) is 2. The van der Waals surface area contributed by atoms with Gasteiger partial charge in [-0.3, -0.25) is 4.79 Å². The molecule has 1 amide bonds. The van der Waals surface area contributed by atoms with Gasteiger partial charge in [-0.2, -0.15) is 0 Å². The predicted molar refractivity (Wildman–Crippen MR) is 128 cm³/mol. The summed E-state index contributed by atoms with van der Waals surface area (Å²) < 4.78 is 0. The molecule has 1 saturated carbocycles. The Morgan fingerprint density at radius 3 is 2.55 bits per heavy atom. The summed E-state index contributed by atoms with van der Waals surface area (Å²) in [6.07, 6.45) is 8.55. The second-order valence-corrected chi connectivity index (χ2v) is 8.74. The molecule has 5 nitrogen and oxygen atoms in total. The Kier molecular flexibility index (Phi) is 7.82. The lowest BCUT2D eigenvalue weighted by molar-refractivity contribution is -0.128. The maximum Gasteiger partial charge on any atom is 0.222 e. The van der Waals surface area contributed by atoms with Crippen LogP contribution >= 0.6 is 24.0 Å². The van der Waals surface area contributed by atoms with Crippen LogP contribution in [0, 0.1) is 5.41 Å². The van der Waals surface area contributed by atoms with Crippen molar-refractivity contribution in [1.82, 2.24) is 15.1 Å². The summed E-state index contributed by atoms with van der Waals surface area (Å²) in [5.41, 5.74) is 3.00. The molecule has 2 saturated heterocycles. The molecule has 0 unspecified atom stereocenters. The Hall–Kier alpha value is -1.31. The second kappa shape index (κ2) is 10.1. The second-order valence-electron chi connectivity index (χ2n) is 8.74. The number of aliphatic imine (C=N–C) groups is 1. The zero-order valence-corrected chi connectivity index (χ0v) is 20.0. The van der Waals surface area contributed by atoms with Crippen LogP contribution in [-0.2, 0) is 17.9 Å². The minimum atomic E-state index is 0. The minimum Gasteiger partial charge on any atom is -0.357 e. The van der Waals surface area contributed by atoms with Gasteiger partial charge in [0.25, 0.3) is 0 Å². The summed E-state index contributed by atoms with van der Waals surface area (Å²) in [6, 6.07) is 8.45. The molecule has 0 bridgehead atoms. The molecule has 3 aliphatic rings. The first-order valence-electron chi connectivity index (χ1n) is 11.1. The van der Waals surface area contributed by atoms with Gasteiger partial charge in [-0.05, 0) is 49.1 Å². The topological polar surface area (TPSA) is 47.9 Å². The van der Waals surface area contributed by atoms with Crippen LogP contribution in [0.15, 0.2) is 29.3 Å². The number of nitrogens with one attached hydrogen (secondary N) is 1. The molecule has 0 radical (unpaired) electrons. The molecule has 3 fully saturated rings. The Bertz CT molecular complexity index is 729. The molecule has 160 valence electrons. The molecular weight excluding hydrogens is 475 g/mol. The Morgan fingerprint density at radius 2 is 1.86 bits per heavy atom. The lowest BCUT2D eigenvalue weighted by atomic mass is 9.86. The molecule has 0 atom stereocenters.